The van der Waals surface area contributed by atoms with E-state index in [0.717, 1.165) is 12.0 Å². The van der Waals surface area contributed by atoms with Gasteiger partial charge in [0.2, 0.25) is 11.8 Å². The highest BCUT2D eigenvalue weighted by atomic mass is 16.2. The molecule has 0 bridgehead atoms. The molecule has 1 aliphatic heterocycles. The first kappa shape index (κ1) is 17.2. The van der Waals surface area contributed by atoms with Gasteiger partial charge in [0.05, 0.1) is 0 Å². The molecule has 0 aliphatic carbocycles. The molecule has 0 saturated carbocycles. The van der Waals surface area contributed by atoms with Crippen molar-refractivity contribution >= 4 is 11.8 Å². The third-order valence-corrected chi connectivity index (χ3v) is 4.97. The zero-order valence-electron chi connectivity index (χ0n) is 14.6. The Morgan fingerprint density at radius 2 is 1.64 bits per heavy atom. The molecule has 2 amide bonds. The number of rotatable bonds is 6. The molecule has 2 aromatic rings. The van der Waals surface area contributed by atoms with Crippen LogP contribution in [0.15, 0.2) is 60.7 Å². The molecule has 130 valence electrons. The number of carbonyl (C=O) groups is 2. The number of likely N-dealkylation sites (tertiary alicyclic amines) is 1. The Kier molecular flexibility index (Phi) is 5.17. The minimum Gasteiger partial charge on any atom is -0.350 e. The van der Waals surface area contributed by atoms with Gasteiger partial charge < -0.3 is 10.2 Å². The SMILES string of the molecule is C[C@@]1(C(=O)NCc2ccccc2)CCC(=O)N1CCc1ccccc1. The zero-order chi connectivity index (χ0) is 17.7. The van der Waals surface area contributed by atoms with Gasteiger partial charge in [-0.05, 0) is 30.9 Å². The van der Waals surface area contributed by atoms with E-state index in [2.05, 4.69) is 5.32 Å². The summed E-state index contributed by atoms with van der Waals surface area (Å²) in [5.74, 6) is -0.0106. The van der Waals surface area contributed by atoms with Gasteiger partial charge in [0.15, 0.2) is 0 Å². The molecule has 1 saturated heterocycles. The number of nitrogens with one attached hydrogen (secondary N) is 1. The highest BCUT2D eigenvalue weighted by Gasteiger charge is 2.46. The fraction of sp³-hybridized carbons (Fsp3) is 0.333. The summed E-state index contributed by atoms with van der Waals surface area (Å²) < 4.78 is 0. The molecular weight excluding hydrogens is 312 g/mol. The van der Waals surface area contributed by atoms with E-state index in [0.29, 0.717) is 25.9 Å². The minimum absolute atomic E-state index is 0.0632. The molecule has 0 unspecified atom stereocenters. The number of hydrogen-bond donors (Lipinski definition) is 1. The Bertz CT molecular complexity index is 730. The maximum Gasteiger partial charge on any atom is 0.245 e. The fourth-order valence-electron chi connectivity index (χ4n) is 3.36. The maximum absolute atomic E-state index is 12.8. The smallest absolute Gasteiger partial charge is 0.245 e. The molecule has 1 heterocycles. The number of carbonyl (C=O) groups excluding carboxylic acids is 2. The topological polar surface area (TPSA) is 49.4 Å². The standard InChI is InChI=1S/C21H24N2O2/c1-21(20(25)22-16-18-10-6-3-7-11-18)14-12-19(24)23(21)15-13-17-8-4-2-5-9-17/h2-11H,12-16H2,1H3,(H,22,25)/t21-/m0/s1. The molecule has 2 aromatic carbocycles. The molecule has 1 fully saturated rings. The highest BCUT2D eigenvalue weighted by Crippen LogP contribution is 2.30. The van der Waals surface area contributed by atoms with Crippen molar-refractivity contribution in [2.45, 2.75) is 38.3 Å². The molecule has 1 atom stereocenters. The molecule has 1 aliphatic rings. The quantitative estimate of drug-likeness (QED) is 0.882. The monoisotopic (exact) mass is 336 g/mol. The van der Waals surface area contributed by atoms with Gasteiger partial charge in [-0.3, -0.25) is 9.59 Å². The van der Waals surface area contributed by atoms with Crippen molar-refractivity contribution in [3.05, 3.63) is 71.8 Å². The Morgan fingerprint density at radius 3 is 2.28 bits per heavy atom. The van der Waals surface area contributed by atoms with Crippen LogP contribution in [0.3, 0.4) is 0 Å². The van der Waals surface area contributed by atoms with E-state index in [-0.39, 0.29) is 11.8 Å². The van der Waals surface area contributed by atoms with Crippen molar-refractivity contribution in [3.8, 4) is 0 Å². The third-order valence-electron chi connectivity index (χ3n) is 4.97. The van der Waals surface area contributed by atoms with Gasteiger partial charge >= 0.3 is 0 Å². The summed E-state index contributed by atoms with van der Waals surface area (Å²) in [4.78, 5) is 26.9. The van der Waals surface area contributed by atoms with Crippen molar-refractivity contribution in [1.82, 2.24) is 10.2 Å². The molecule has 4 nitrogen and oxygen atoms in total. The van der Waals surface area contributed by atoms with E-state index in [1.165, 1.54) is 5.56 Å². The van der Waals surface area contributed by atoms with Crippen molar-refractivity contribution in [3.63, 3.8) is 0 Å². The lowest BCUT2D eigenvalue weighted by Crippen LogP contribution is -2.54. The van der Waals surface area contributed by atoms with E-state index in [1.807, 2.05) is 67.6 Å². The van der Waals surface area contributed by atoms with E-state index in [1.54, 1.807) is 4.90 Å². The lowest BCUT2D eigenvalue weighted by molar-refractivity contribution is -0.140. The summed E-state index contributed by atoms with van der Waals surface area (Å²) in [6.07, 6.45) is 1.76. The highest BCUT2D eigenvalue weighted by molar-refractivity contribution is 5.94. The third kappa shape index (κ3) is 3.90. The van der Waals surface area contributed by atoms with Gasteiger partial charge in [0, 0.05) is 19.5 Å². The summed E-state index contributed by atoms with van der Waals surface area (Å²) in [6, 6.07) is 19.9. The largest absolute Gasteiger partial charge is 0.350 e. The van der Waals surface area contributed by atoms with Crippen LogP contribution >= 0.6 is 0 Å². The first-order chi connectivity index (χ1) is 12.1. The van der Waals surface area contributed by atoms with Gasteiger partial charge in [0.1, 0.15) is 5.54 Å². The lowest BCUT2D eigenvalue weighted by Gasteiger charge is -2.34. The number of amides is 2. The second-order valence-corrected chi connectivity index (χ2v) is 6.72. The minimum atomic E-state index is -0.763. The lowest BCUT2D eigenvalue weighted by atomic mass is 9.97. The Hall–Kier alpha value is -2.62. The van der Waals surface area contributed by atoms with Crippen LogP contribution in [-0.4, -0.2) is 28.8 Å². The van der Waals surface area contributed by atoms with Crippen molar-refractivity contribution in [2.75, 3.05) is 6.54 Å². The average Bonchev–Trinajstić information content (AvgIpc) is 2.95. The summed E-state index contributed by atoms with van der Waals surface area (Å²) in [5.41, 5.74) is 1.47. The summed E-state index contributed by atoms with van der Waals surface area (Å²) in [5, 5.41) is 3.00. The van der Waals surface area contributed by atoms with Gasteiger partial charge in [-0.25, -0.2) is 0 Å². The van der Waals surface area contributed by atoms with Crippen LogP contribution in [0, 0.1) is 0 Å². The Morgan fingerprint density at radius 1 is 1.04 bits per heavy atom. The first-order valence-electron chi connectivity index (χ1n) is 8.76. The van der Waals surface area contributed by atoms with Crippen LogP contribution in [0.1, 0.15) is 30.9 Å². The van der Waals surface area contributed by atoms with Gasteiger partial charge in [-0.2, -0.15) is 0 Å². The second-order valence-electron chi connectivity index (χ2n) is 6.72. The van der Waals surface area contributed by atoms with Crippen molar-refractivity contribution in [2.24, 2.45) is 0 Å². The molecule has 0 aromatic heterocycles. The van der Waals surface area contributed by atoms with Gasteiger partial charge in [-0.1, -0.05) is 60.7 Å². The Labute approximate surface area is 148 Å². The molecular formula is C21H24N2O2. The van der Waals surface area contributed by atoms with Crippen LogP contribution in [0.4, 0.5) is 0 Å². The molecule has 4 heteroatoms. The van der Waals surface area contributed by atoms with Crippen molar-refractivity contribution < 1.29 is 9.59 Å². The van der Waals surface area contributed by atoms with Gasteiger partial charge in [-0.15, -0.1) is 0 Å². The summed E-state index contributed by atoms with van der Waals surface area (Å²) in [6.45, 7) is 2.93. The number of hydrogen-bond acceptors (Lipinski definition) is 2. The van der Waals surface area contributed by atoms with E-state index >= 15 is 0 Å². The molecule has 0 spiro atoms. The van der Waals surface area contributed by atoms with Crippen LogP contribution in [-0.2, 0) is 22.6 Å². The predicted octanol–water partition coefficient (Wildman–Crippen LogP) is 2.93. The summed E-state index contributed by atoms with van der Waals surface area (Å²) >= 11 is 0. The zero-order valence-corrected chi connectivity index (χ0v) is 14.6. The fourth-order valence-corrected chi connectivity index (χ4v) is 3.36. The molecule has 3 rings (SSSR count). The average molecular weight is 336 g/mol. The second kappa shape index (κ2) is 7.51. The molecule has 25 heavy (non-hydrogen) atoms. The first-order valence-corrected chi connectivity index (χ1v) is 8.76. The summed E-state index contributed by atoms with van der Waals surface area (Å²) in [7, 11) is 0. The van der Waals surface area contributed by atoms with E-state index in [9.17, 15) is 9.59 Å². The Balaban J connectivity index is 1.64. The van der Waals surface area contributed by atoms with E-state index in [4.69, 9.17) is 0 Å². The van der Waals surface area contributed by atoms with E-state index < -0.39 is 5.54 Å². The van der Waals surface area contributed by atoms with Crippen LogP contribution in [0.2, 0.25) is 0 Å². The van der Waals surface area contributed by atoms with Crippen LogP contribution in [0.5, 0.6) is 0 Å². The maximum atomic E-state index is 12.8. The van der Waals surface area contributed by atoms with Gasteiger partial charge in [0.25, 0.3) is 0 Å². The molecule has 0 radical (unpaired) electrons. The predicted molar refractivity (Wildman–Crippen MR) is 97.8 cm³/mol. The number of benzene rings is 2. The van der Waals surface area contributed by atoms with Crippen molar-refractivity contribution in [1.29, 1.82) is 0 Å². The number of nitrogens with zero attached hydrogens (tertiary/aromatic N) is 1. The van der Waals surface area contributed by atoms with Crippen LogP contribution in [0.25, 0.3) is 0 Å². The normalized spacial score (nSPS) is 19.9. The molecule has 1 N–H and O–H groups in total. The van der Waals surface area contributed by atoms with Crippen LogP contribution < -0.4 is 5.32 Å².